The van der Waals surface area contributed by atoms with Crippen LogP contribution in [0.15, 0.2) is 40.4 Å². The van der Waals surface area contributed by atoms with Gasteiger partial charge in [0.05, 0.1) is 19.5 Å². The Hall–Kier alpha value is -1.53. The van der Waals surface area contributed by atoms with E-state index in [0.717, 1.165) is 10.9 Å². The summed E-state index contributed by atoms with van der Waals surface area (Å²) in [6, 6.07) is 2.79. The van der Waals surface area contributed by atoms with Gasteiger partial charge in [-0.2, -0.15) is 4.57 Å². The third kappa shape index (κ3) is 7.85. The maximum atomic E-state index is 12.3. The fraction of sp³-hybridized carbons (Fsp3) is 0.476. The fourth-order valence-electron chi connectivity index (χ4n) is 4.61. The molecule has 46 heavy (non-hydrogen) atoms. The topological polar surface area (TPSA) is 318 Å². The number of nitrogens with zero attached hydrogens (tertiary/aromatic N) is 4. The Balaban J connectivity index is 0.00000480. The number of nitrogens with two attached hydrogens (primary N) is 1. The van der Waals surface area contributed by atoms with Gasteiger partial charge in [-0.25, -0.2) is 14.3 Å². The van der Waals surface area contributed by atoms with Crippen LogP contribution in [0.25, 0.3) is 11.2 Å². The zero-order valence-corrected chi connectivity index (χ0v) is 28.7. The molecule has 2 fully saturated rings. The third-order valence-corrected chi connectivity index (χ3v) is 9.85. The zero-order valence-electron chi connectivity index (χ0n) is 23.3. The number of carbonyl (C=O) groups is 1. The Bertz CT molecular complexity index is 1750. The number of aromatic nitrogens is 5. The van der Waals surface area contributed by atoms with Crippen LogP contribution in [-0.2, 0) is 32.0 Å². The molecular weight excluding hydrogens is 741 g/mol. The van der Waals surface area contributed by atoms with Crippen molar-refractivity contribution in [1.29, 1.82) is 0 Å². The molecule has 21 nitrogen and oxygen atoms in total. The van der Waals surface area contributed by atoms with Gasteiger partial charge in [0.2, 0.25) is 0 Å². The first-order valence-corrected chi connectivity index (χ1v) is 16.4. The molecule has 0 saturated carbocycles. The molecule has 2 saturated heterocycles. The van der Waals surface area contributed by atoms with E-state index >= 15 is 0 Å². The van der Waals surface area contributed by atoms with E-state index < -0.39 is 89.4 Å². The van der Waals surface area contributed by atoms with Crippen molar-refractivity contribution in [3.63, 3.8) is 0 Å². The molecule has 246 valence electrons. The predicted octanol–water partition coefficient (Wildman–Crippen LogP) is -6.80. The first kappa shape index (κ1) is 37.3. The molecule has 5 rings (SSSR count). The Labute approximate surface area is 287 Å². The second kappa shape index (κ2) is 14.5. The SMILES string of the molecule is NC(=O)c1ccc[n+]([C@@H]2O[C@H](COP(=O)([O-])OP(=O)([O-])OC[C@H]3O[C@@H](n4c(Br)nc5c(=O)[nH]cnc54)[C@H](O)[C@@H]3O)[C@@H](O)[C@H]2O)c1.[Na+]. The molecule has 3 aromatic rings. The van der Waals surface area contributed by atoms with Crippen molar-refractivity contribution in [3.8, 4) is 0 Å². The molecule has 0 aliphatic carbocycles. The molecular formula is C21H24BrN6NaO15P2. The van der Waals surface area contributed by atoms with Gasteiger partial charge in [0.1, 0.15) is 36.1 Å². The summed E-state index contributed by atoms with van der Waals surface area (Å²) < 4.78 is 51.0. The van der Waals surface area contributed by atoms with Crippen LogP contribution in [0, 0.1) is 0 Å². The van der Waals surface area contributed by atoms with Crippen LogP contribution in [0.2, 0.25) is 0 Å². The number of aliphatic hydroxyl groups is 4. The molecule has 0 spiro atoms. The average Bonchev–Trinajstić information content (AvgIpc) is 3.56. The number of H-pyrrole nitrogens is 1. The van der Waals surface area contributed by atoms with Crippen LogP contribution in [0.5, 0.6) is 0 Å². The smallest absolute Gasteiger partial charge is 0.756 e. The summed E-state index contributed by atoms with van der Waals surface area (Å²) in [5, 5.41) is 41.6. The van der Waals surface area contributed by atoms with Gasteiger partial charge >= 0.3 is 29.6 Å². The van der Waals surface area contributed by atoms with Crippen LogP contribution >= 0.6 is 31.6 Å². The number of halogens is 1. The van der Waals surface area contributed by atoms with Crippen molar-refractivity contribution in [3.05, 3.63) is 51.5 Å². The number of pyridine rings is 1. The van der Waals surface area contributed by atoms with Gasteiger partial charge in [0.15, 0.2) is 40.6 Å². The van der Waals surface area contributed by atoms with Crippen molar-refractivity contribution in [2.75, 3.05) is 13.2 Å². The Morgan fingerprint density at radius 1 is 1.09 bits per heavy atom. The largest absolute Gasteiger partial charge is 1.00 e. The van der Waals surface area contributed by atoms with E-state index in [1.807, 2.05) is 0 Å². The minimum absolute atomic E-state index is 0. The van der Waals surface area contributed by atoms with Gasteiger partial charge in [-0.3, -0.25) is 23.3 Å². The Kier molecular flexibility index (Phi) is 11.8. The number of ether oxygens (including phenoxy) is 2. The van der Waals surface area contributed by atoms with E-state index in [-0.39, 0.29) is 51.0 Å². The average molecular weight is 765 g/mol. The van der Waals surface area contributed by atoms with Gasteiger partial charge in [-0.1, -0.05) is 0 Å². The van der Waals surface area contributed by atoms with Crippen LogP contribution in [0.1, 0.15) is 22.8 Å². The number of carbonyl (C=O) groups excluding carboxylic acids is 1. The number of hydrogen-bond donors (Lipinski definition) is 6. The first-order chi connectivity index (χ1) is 21.1. The summed E-state index contributed by atoms with van der Waals surface area (Å²) in [7, 11) is -11.4. The number of fused-ring (bicyclic) bond motifs is 1. The zero-order chi connectivity index (χ0) is 32.8. The van der Waals surface area contributed by atoms with Crippen molar-refractivity contribution >= 4 is 48.6 Å². The molecule has 7 N–H and O–H groups in total. The number of nitrogens with one attached hydrogen (secondary N) is 1. The van der Waals surface area contributed by atoms with E-state index in [4.69, 9.17) is 15.2 Å². The summed E-state index contributed by atoms with van der Waals surface area (Å²) in [5.74, 6) is -0.786. The number of phosphoric acid groups is 2. The van der Waals surface area contributed by atoms with Crippen molar-refractivity contribution in [2.24, 2.45) is 5.73 Å². The molecule has 2 aliphatic heterocycles. The molecule has 3 aromatic heterocycles. The number of amides is 1. The van der Waals surface area contributed by atoms with E-state index in [2.05, 4.69) is 44.2 Å². The van der Waals surface area contributed by atoms with Gasteiger partial charge < -0.3 is 59.5 Å². The minimum Gasteiger partial charge on any atom is -0.756 e. The summed E-state index contributed by atoms with van der Waals surface area (Å²) in [6.07, 6.45) is -8.94. The molecule has 1 amide bonds. The van der Waals surface area contributed by atoms with Gasteiger partial charge in [0.25, 0.3) is 33.3 Å². The standard InChI is InChI=1S/C21H25BrN6O15P2.Na/c22-21-26-11-17(24-7-25-18(11)34)28(21)20-15(32)13(30)10(42-20)6-40-45(37,38)43-44(35,36)39-5-9-12(29)14(31)19(41-9)27-3-1-2-8(4-27)16(23)33;/h1-4,7,9-10,12-15,19-20,29-32H,5-6H2,(H4-,23,24,25,33,34,35,36,37,38);/q;+1/p-1/t9-,10-,12-,13-,14-,15-,19-,20-;/m1./s1. The molecule has 5 heterocycles. The normalized spacial score (nSPS) is 30.5. The second-order valence-corrected chi connectivity index (χ2v) is 13.4. The van der Waals surface area contributed by atoms with Crippen LogP contribution in [-0.4, -0.2) is 95.7 Å². The van der Waals surface area contributed by atoms with Gasteiger partial charge in [0, 0.05) is 6.07 Å². The monoisotopic (exact) mass is 764 g/mol. The predicted molar refractivity (Wildman–Crippen MR) is 141 cm³/mol. The number of rotatable bonds is 11. The van der Waals surface area contributed by atoms with Gasteiger partial charge in [-0.15, -0.1) is 0 Å². The second-order valence-electron chi connectivity index (χ2n) is 9.72. The molecule has 0 radical (unpaired) electrons. The van der Waals surface area contributed by atoms with Crippen LogP contribution < -0.4 is 55.2 Å². The van der Waals surface area contributed by atoms with Crippen LogP contribution in [0.4, 0.5) is 0 Å². The van der Waals surface area contributed by atoms with Gasteiger partial charge in [-0.05, 0) is 22.0 Å². The number of hydrogen-bond acceptors (Lipinski definition) is 17. The number of imidazole rings is 1. The summed E-state index contributed by atoms with van der Waals surface area (Å²) >= 11 is 3.10. The molecule has 10 atom stereocenters. The Morgan fingerprint density at radius 2 is 1.70 bits per heavy atom. The summed E-state index contributed by atoms with van der Waals surface area (Å²) in [5.41, 5.74) is 4.49. The number of aromatic amines is 1. The van der Waals surface area contributed by atoms with E-state index in [9.17, 15) is 48.9 Å². The molecule has 2 unspecified atom stereocenters. The molecule has 2 aliphatic rings. The summed E-state index contributed by atoms with van der Waals surface area (Å²) in [6.45, 7) is -2.04. The minimum atomic E-state index is -5.72. The summed E-state index contributed by atoms with van der Waals surface area (Å²) in [4.78, 5) is 58.3. The molecule has 0 bridgehead atoms. The quantitative estimate of drug-likeness (QED) is 0.0457. The maximum absolute atomic E-state index is 12.3. The van der Waals surface area contributed by atoms with Crippen LogP contribution in [0.3, 0.4) is 0 Å². The van der Waals surface area contributed by atoms with Crippen molar-refractivity contribution in [2.45, 2.75) is 49.1 Å². The Morgan fingerprint density at radius 3 is 2.33 bits per heavy atom. The molecule has 0 aromatic carbocycles. The van der Waals surface area contributed by atoms with E-state index in [1.54, 1.807) is 0 Å². The van der Waals surface area contributed by atoms with E-state index in [0.29, 0.717) is 0 Å². The van der Waals surface area contributed by atoms with Crippen molar-refractivity contribution < 1.29 is 101 Å². The third-order valence-electron chi connectivity index (χ3n) is 6.76. The maximum Gasteiger partial charge on any atom is 1.00 e. The first-order valence-electron chi connectivity index (χ1n) is 12.7. The van der Waals surface area contributed by atoms with Crippen molar-refractivity contribution in [1.82, 2.24) is 19.5 Å². The number of phosphoric ester groups is 2. The fourth-order valence-corrected chi connectivity index (χ4v) is 7.17. The molecule has 25 heteroatoms. The van der Waals surface area contributed by atoms with E-state index in [1.165, 1.54) is 29.1 Å². The number of aliphatic hydroxyl groups excluding tert-OH is 4. The number of primary amides is 1.